The Morgan fingerprint density at radius 1 is 1.33 bits per heavy atom. The number of nitrogens with zero attached hydrogens (tertiary/aromatic N) is 1. The van der Waals surface area contributed by atoms with Crippen molar-refractivity contribution in [2.45, 2.75) is 25.4 Å². The highest BCUT2D eigenvalue weighted by atomic mass is 19.3. The van der Waals surface area contributed by atoms with Crippen molar-refractivity contribution < 1.29 is 31.9 Å². The zero-order chi connectivity index (χ0) is 17.7. The number of benzene rings is 1. The fourth-order valence-corrected chi connectivity index (χ4v) is 2.27. The molecule has 0 aromatic heterocycles. The number of likely N-dealkylation sites (tertiary alicyclic amines) is 1. The molecular formula is C15H16F4N2O3. The number of nitrogens with one attached hydrogen (secondary N) is 1. The maximum Gasteiger partial charge on any atom is 0.461 e. The van der Waals surface area contributed by atoms with E-state index in [1.165, 1.54) is 18.2 Å². The first-order valence-electron chi connectivity index (χ1n) is 7.31. The van der Waals surface area contributed by atoms with E-state index >= 15 is 0 Å². The molecule has 24 heavy (non-hydrogen) atoms. The summed E-state index contributed by atoms with van der Waals surface area (Å²) in [5, 5.41) is 2.46. The lowest BCUT2D eigenvalue weighted by molar-refractivity contribution is -0.253. The standard InChI is InChI=1S/C15H16F4N2O3/c16-14(17)15(18,19)24-11-5-2-1-4-10(11)13(23)20-7-9-21-8-3-6-12(21)22/h1-2,4-5,14H,3,6-9H2,(H,20,23). The third-order valence-corrected chi connectivity index (χ3v) is 3.47. The SMILES string of the molecule is O=C(NCCN1CCCC1=O)c1ccccc1OC(F)(F)C(F)F. The largest absolute Gasteiger partial charge is 0.461 e. The fourth-order valence-electron chi connectivity index (χ4n) is 2.27. The van der Waals surface area contributed by atoms with Crippen molar-refractivity contribution in [3.63, 3.8) is 0 Å². The van der Waals surface area contributed by atoms with Gasteiger partial charge in [0, 0.05) is 26.1 Å². The molecule has 1 aliphatic heterocycles. The van der Waals surface area contributed by atoms with E-state index in [0.29, 0.717) is 19.5 Å². The number of ether oxygens (including phenoxy) is 1. The van der Waals surface area contributed by atoms with Crippen LogP contribution in [0.1, 0.15) is 23.2 Å². The summed E-state index contributed by atoms with van der Waals surface area (Å²) >= 11 is 0. The predicted octanol–water partition coefficient (Wildman–Crippen LogP) is 2.28. The molecular weight excluding hydrogens is 332 g/mol. The summed E-state index contributed by atoms with van der Waals surface area (Å²) in [7, 11) is 0. The second-order valence-corrected chi connectivity index (χ2v) is 5.20. The van der Waals surface area contributed by atoms with Crippen molar-refractivity contribution in [3.05, 3.63) is 29.8 Å². The van der Waals surface area contributed by atoms with Crippen molar-refractivity contribution in [2.24, 2.45) is 0 Å². The second kappa shape index (κ2) is 7.50. The first-order chi connectivity index (χ1) is 11.3. The van der Waals surface area contributed by atoms with Crippen molar-refractivity contribution in [2.75, 3.05) is 19.6 Å². The van der Waals surface area contributed by atoms with Gasteiger partial charge in [0.05, 0.1) is 5.56 Å². The molecule has 1 aromatic rings. The quantitative estimate of drug-likeness (QED) is 0.769. The predicted molar refractivity (Wildman–Crippen MR) is 76.2 cm³/mol. The minimum Gasteiger partial charge on any atom is -0.427 e. The lowest BCUT2D eigenvalue weighted by Gasteiger charge is -2.19. The minimum atomic E-state index is -4.70. The van der Waals surface area contributed by atoms with Crippen LogP contribution < -0.4 is 10.1 Å². The first kappa shape index (κ1) is 18.0. The molecule has 9 heteroatoms. The molecule has 1 aliphatic rings. The topological polar surface area (TPSA) is 58.6 Å². The Morgan fingerprint density at radius 2 is 2.04 bits per heavy atom. The lowest BCUT2D eigenvalue weighted by atomic mass is 10.2. The van der Waals surface area contributed by atoms with Crippen LogP contribution in [0.2, 0.25) is 0 Å². The molecule has 2 amide bonds. The van der Waals surface area contributed by atoms with E-state index in [1.54, 1.807) is 4.90 Å². The van der Waals surface area contributed by atoms with Crippen LogP contribution in [0.15, 0.2) is 24.3 Å². The maximum atomic E-state index is 13.0. The van der Waals surface area contributed by atoms with Crippen LogP contribution in [0, 0.1) is 0 Å². The summed E-state index contributed by atoms with van der Waals surface area (Å²) in [6.07, 6.45) is -7.49. The molecule has 5 nitrogen and oxygen atoms in total. The van der Waals surface area contributed by atoms with Crippen LogP contribution in [-0.4, -0.2) is 48.9 Å². The van der Waals surface area contributed by atoms with Gasteiger partial charge < -0.3 is 15.0 Å². The Hall–Kier alpha value is -2.32. The van der Waals surface area contributed by atoms with E-state index in [0.717, 1.165) is 12.5 Å². The highest BCUT2D eigenvalue weighted by Crippen LogP contribution is 2.29. The minimum absolute atomic E-state index is 0.00967. The molecule has 1 saturated heterocycles. The van der Waals surface area contributed by atoms with Crippen LogP contribution in [0.5, 0.6) is 5.75 Å². The average molecular weight is 348 g/mol. The molecule has 1 N–H and O–H groups in total. The van der Waals surface area contributed by atoms with Gasteiger partial charge in [0.25, 0.3) is 5.91 Å². The molecule has 0 unspecified atom stereocenters. The zero-order valence-corrected chi connectivity index (χ0v) is 12.6. The summed E-state index contributed by atoms with van der Waals surface area (Å²) in [6, 6.07) is 4.88. The molecule has 0 atom stereocenters. The van der Waals surface area contributed by atoms with E-state index in [4.69, 9.17) is 0 Å². The number of para-hydroxylation sites is 1. The van der Waals surface area contributed by atoms with Crippen LogP contribution in [0.3, 0.4) is 0 Å². The van der Waals surface area contributed by atoms with Crippen molar-refractivity contribution in [3.8, 4) is 5.75 Å². The van der Waals surface area contributed by atoms with E-state index in [2.05, 4.69) is 10.1 Å². The van der Waals surface area contributed by atoms with Crippen LogP contribution >= 0.6 is 0 Å². The number of hydrogen-bond acceptors (Lipinski definition) is 3. The zero-order valence-electron chi connectivity index (χ0n) is 12.6. The van der Waals surface area contributed by atoms with E-state index in [1.807, 2.05) is 0 Å². The molecule has 1 aromatic carbocycles. The summed E-state index contributed by atoms with van der Waals surface area (Å²) in [5.74, 6) is -1.40. The number of hydrogen-bond donors (Lipinski definition) is 1. The Balaban J connectivity index is 1.97. The summed E-state index contributed by atoms with van der Waals surface area (Å²) in [4.78, 5) is 25.1. The van der Waals surface area contributed by atoms with Gasteiger partial charge in [-0.3, -0.25) is 9.59 Å². The fraction of sp³-hybridized carbons (Fsp3) is 0.467. The van der Waals surface area contributed by atoms with E-state index in [-0.39, 0.29) is 18.0 Å². The van der Waals surface area contributed by atoms with Gasteiger partial charge >= 0.3 is 12.5 Å². The highest BCUT2D eigenvalue weighted by molar-refractivity contribution is 5.96. The van der Waals surface area contributed by atoms with Crippen molar-refractivity contribution in [1.82, 2.24) is 10.2 Å². The van der Waals surface area contributed by atoms with E-state index in [9.17, 15) is 27.2 Å². The van der Waals surface area contributed by atoms with Crippen molar-refractivity contribution in [1.29, 1.82) is 0 Å². The highest BCUT2D eigenvalue weighted by Gasteiger charge is 2.44. The number of carbonyl (C=O) groups is 2. The summed E-state index contributed by atoms with van der Waals surface area (Å²) in [5.41, 5.74) is -0.287. The average Bonchev–Trinajstić information content (AvgIpc) is 2.92. The van der Waals surface area contributed by atoms with Gasteiger partial charge in [-0.2, -0.15) is 17.6 Å². The molecule has 0 bridgehead atoms. The molecule has 1 heterocycles. The van der Waals surface area contributed by atoms with Crippen LogP contribution in [0.25, 0.3) is 0 Å². The Bertz CT molecular complexity index is 610. The summed E-state index contributed by atoms with van der Waals surface area (Å²) in [6.45, 7) is 1.01. The van der Waals surface area contributed by atoms with Gasteiger partial charge in [-0.1, -0.05) is 12.1 Å². The smallest absolute Gasteiger partial charge is 0.427 e. The monoisotopic (exact) mass is 348 g/mol. The van der Waals surface area contributed by atoms with Gasteiger partial charge in [-0.25, -0.2) is 0 Å². The molecule has 132 valence electrons. The number of rotatable bonds is 7. The molecule has 1 fully saturated rings. The van der Waals surface area contributed by atoms with Gasteiger partial charge in [0.15, 0.2) is 0 Å². The number of halogens is 4. The summed E-state index contributed by atoms with van der Waals surface area (Å²) < 4.78 is 54.5. The molecule has 2 rings (SSSR count). The first-order valence-corrected chi connectivity index (χ1v) is 7.31. The Kier molecular flexibility index (Phi) is 5.63. The Labute approximate surface area is 135 Å². The number of amides is 2. The lowest BCUT2D eigenvalue weighted by Crippen LogP contribution is -2.37. The van der Waals surface area contributed by atoms with Crippen LogP contribution in [0.4, 0.5) is 17.6 Å². The molecule has 0 radical (unpaired) electrons. The van der Waals surface area contributed by atoms with Crippen LogP contribution in [-0.2, 0) is 4.79 Å². The normalized spacial score (nSPS) is 15.0. The molecule has 0 spiro atoms. The second-order valence-electron chi connectivity index (χ2n) is 5.20. The Morgan fingerprint density at radius 3 is 2.67 bits per heavy atom. The van der Waals surface area contributed by atoms with Gasteiger partial charge in [0.1, 0.15) is 5.75 Å². The van der Waals surface area contributed by atoms with Gasteiger partial charge in [0.2, 0.25) is 5.91 Å². The number of alkyl halides is 4. The maximum absolute atomic E-state index is 13.0. The molecule has 0 saturated carbocycles. The number of carbonyl (C=O) groups excluding carboxylic acids is 2. The molecule has 0 aliphatic carbocycles. The van der Waals surface area contributed by atoms with Gasteiger partial charge in [-0.15, -0.1) is 0 Å². The van der Waals surface area contributed by atoms with Crippen molar-refractivity contribution >= 4 is 11.8 Å². The van der Waals surface area contributed by atoms with Gasteiger partial charge in [-0.05, 0) is 18.6 Å². The van der Waals surface area contributed by atoms with E-state index < -0.39 is 24.2 Å². The third-order valence-electron chi connectivity index (χ3n) is 3.47. The third kappa shape index (κ3) is 4.36.